The van der Waals surface area contributed by atoms with Crippen LogP contribution < -0.4 is 5.32 Å². The van der Waals surface area contributed by atoms with E-state index in [0.29, 0.717) is 21.4 Å². The third-order valence-corrected chi connectivity index (χ3v) is 6.89. The average Bonchev–Trinajstić information content (AvgIpc) is 3.49. The zero-order chi connectivity index (χ0) is 20.9. The maximum atomic E-state index is 12.5. The van der Waals surface area contributed by atoms with Crippen molar-refractivity contribution in [2.24, 2.45) is 0 Å². The van der Waals surface area contributed by atoms with Gasteiger partial charge in [0.2, 0.25) is 5.91 Å². The third-order valence-electron chi connectivity index (χ3n) is 4.01. The van der Waals surface area contributed by atoms with Gasteiger partial charge in [-0.05, 0) is 18.4 Å². The van der Waals surface area contributed by atoms with Crippen molar-refractivity contribution in [3.63, 3.8) is 0 Å². The second kappa shape index (κ2) is 9.29. The van der Waals surface area contributed by atoms with Gasteiger partial charge in [0, 0.05) is 10.9 Å². The van der Waals surface area contributed by atoms with Gasteiger partial charge in [0.15, 0.2) is 5.13 Å². The van der Waals surface area contributed by atoms with Crippen molar-refractivity contribution in [2.45, 2.75) is 13.3 Å². The molecule has 3 heterocycles. The minimum absolute atomic E-state index is 0.136. The summed E-state index contributed by atoms with van der Waals surface area (Å²) in [5.41, 5.74) is 1.99. The molecule has 0 spiro atoms. The minimum Gasteiger partial charge on any atom is -0.462 e. The number of hydrogen-bond donors (Lipinski definition) is 1. The molecule has 6 nitrogen and oxygen atoms in total. The van der Waals surface area contributed by atoms with Crippen molar-refractivity contribution in [1.29, 1.82) is 0 Å². The topological polar surface area (TPSA) is 81.2 Å². The molecule has 0 radical (unpaired) electrons. The predicted octanol–water partition coefficient (Wildman–Crippen LogP) is 5.35. The lowest BCUT2D eigenvalue weighted by atomic mass is 10.1. The summed E-state index contributed by atoms with van der Waals surface area (Å²) in [6, 6.07) is 13.3. The van der Waals surface area contributed by atoms with Gasteiger partial charge in [-0.25, -0.2) is 14.8 Å². The number of thiophene rings is 1. The number of amides is 1. The van der Waals surface area contributed by atoms with Crippen LogP contribution in [0.5, 0.6) is 0 Å². The second-order valence-electron chi connectivity index (χ2n) is 6.13. The van der Waals surface area contributed by atoms with Gasteiger partial charge in [0.25, 0.3) is 0 Å². The molecule has 0 fully saturated rings. The van der Waals surface area contributed by atoms with Gasteiger partial charge >= 0.3 is 5.97 Å². The molecule has 0 atom stereocenters. The number of esters is 1. The molecule has 3 aromatic heterocycles. The number of carbonyl (C=O) groups is 2. The van der Waals surface area contributed by atoms with Crippen molar-refractivity contribution < 1.29 is 14.3 Å². The van der Waals surface area contributed by atoms with Gasteiger partial charge in [0.1, 0.15) is 9.88 Å². The van der Waals surface area contributed by atoms with E-state index in [4.69, 9.17) is 4.74 Å². The number of anilines is 1. The van der Waals surface area contributed by atoms with Crippen LogP contribution in [0.4, 0.5) is 5.13 Å². The van der Waals surface area contributed by atoms with E-state index < -0.39 is 5.97 Å². The Bertz CT molecular complexity index is 1150. The highest BCUT2D eigenvalue weighted by Gasteiger charge is 2.21. The first-order chi connectivity index (χ1) is 14.6. The number of ether oxygens (including phenoxy) is 1. The van der Waals surface area contributed by atoms with E-state index >= 15 is 0 Å². The number of benzene rings is 1. The van der Waals surface area contributed by atoms with Crippen molar-refractivity contribution in [1.82, 2.24) is 9.97 Å². The Morgan fingerprint density at radius 3 is 2.63 bits per heavy atom. The molecular weight excluding hydrogens is 438 g/mol. The van der Waals surface area contributed by atoms with Gasteiger partial charge in [-0.1, -0.05) is 47.7 Å². The smallest absolute Gasteiger partial charge is 0.350 e. The zero-order valence-electron chi connectivity index (χ0n) is 16.0. The molecule has 1 amide bonds. The van der Waals surface area contributed by atoms with Crippen LogP contribution in [0.2, 0.25) is 0 Å². The Balaban J connectivity index is 1.51. The van der Waals surface area contributed by atoms with E-state index in [1.165, 1.54) is 11.3 Å². The Labute approximate surface area is 185 Å². The highest BCUT2D eigenvalue weighted by Crippen LogP contribution is 2.32. The normalized spacial score (nSPS) is 10.7. The van der Waals surface area contributed by atoms with Crippen molar-refractivity contribution in [3.8, 4) is 21.1 Å². The average molecular weight is 456 g/mol. The molecule has 0 unspecified atom stereocenters. The van der Waals surface area contributed by atoms with Crippen LogP contribution in [0, 0.1) is 0 Å². The van der Waals surface area contributed by atoms with E-state index in [2.05, 4.69) is 15.3 Å². The minimum atomic E-state index is -0.450. The Morgan fingerprint density at radius 1 is 1.07 bits per heavy atom. The summed E-state index contributed by atoms with van der Waals surface area (Å²) < 4.78 is 5.15. The number of aromatic nitrogens is 2. The summed E-state index contributed by atoms with van der Waals surface area (Å²) in [5, 5.41) is 7.93. The largest absolute Gasteiger partial charge is 0.462 e. The summed E-state index contributed by atoms with van der Waals surface area (Å²) >= 11 is 4.24. The summed E-state index contributed by atoms with van der Waals surface area (Å²) in [6.07, 6.45) is 0.136. The first-order valence-electron chi connectivity index (χ1n) is 9.15. The summed E-state index contributed by atoms with van der Waals surface area (Å²) in [5.74, 6) is -0.684. The monoisotopic (exact) mass is 455 g/mol. The molecule has 4 aromatic rings. The van der Waals surface area contributed by atoms with Gasteiger partial charge in [-0.3, -0.25) is 4.79 Å². The molecule has 9 heteroatoms. The number of nitrogens with one attached hydrogen (secondary N) is 1. The number of rotatable bonds is 7. The maximum Gasteiger partial charge on any atom is 0.350 e. The zero-order valence-corrected chi connectivity index (χ0v) is 18.4. The molecular formula is C21H17N3O3S3. The van der Waals surface area contributed by atoms with Crippen LogP contribution in [0.25, 0.3) is 21.1 Å². The summed E-state index contributed by atoms with van der Waals surface area (Å²) in [7, 11) is 0. The number of thiazole rings is 2. The molecule has 0 saturated carbocycles. The SMILES string of the molecule is CCOC(=O)c1sc(NC(=O)Cc2csc(-c3cccs3)n2)nc1-c1ccccc1. The summed E-state index contributed by atoms with van der Waals surface area (Å²) in [6.45, 7) is 2.02. The van der Waals surface area contributed by atoms with Gasteiger partial charge in [-0.2, -0.15) is 0 Å². The number of nitrogens with zero attached hydrogens (tertiary/aromatic N) is 2. The lowest BCUT2D eigenvalue weighted by molar-refractivity contribution is -0.115. The molecule has 4 rings (SSSR count). The van der Waals surface area contributed by atoms with E-state index in [-0.39, 0.29) is 18.9 Å². The predicted molar refractivity (Wildman–Crippen MR) is 121 cm³/mol. The van der Waals surface area contributed by atoms with Crippen molar-refractivity contribution in [2.75, 3.05) is 11.9 Å². The fraction of sp³-hybridized carbons (Fsp3) is 0.143. The maximum absolute atomic E-state index is 12.5. The van der Waals surface area contributed by atoms with Crippen molar-refractivity contribution in [3.05, 3.63) is 63.8 Å². The molecule has 0 saturated heterocycles. The molecule has 0 aliphatic rings. The van der Waals surface area contributed by atoms with Crippen LogP contribution >= 0.6 is 34.0 Å². The summed E-state index contributed by atoms with van der Waals surface area (Å²) in [4.78, 5) is 35.4. The third kappa shape index (κ3) is 4.64. The standard InChI is InChI=1S/C21H17N3O3S3/c1-2-27-20(26)18-17(13-7-4-3-5-8-13)24-21(30-18)23-16(25)11-14-12-29-19(22-14)15-9-6-10-28-15/h3-10,12H,2,11H2,1H3,(H,23,24,25). The van der Waals surface area contributed by atoms with Crippen LogP contribution in [0.15, 0.2) is 53.2 Å². The molecule has 0 bridgehead atoms. The molecule has 1 aromatic carbocycles. The number of carbonyl (C=O) groups excluding carboxylic acids is 2. The Morgan fingerprint density at radius 2 is 1.90 bits per heavy atom. The molecule has 1 N–H and O–H groups in total. The number of hydrogen-bond acceptors (Lipinski definition) is 8. The van der Waals surface area contributed by atoms with Crippen LogP contribution in [-0.4, -0.2) is 28.5 Å². The van der Waals surface area contributed by atoms with Crippen molar-refractivity contribution >= 4 is 51.0 Å². The van der Waals surface area contributed by atoms with Crippen LogP contribution in [-0.2, 0) is 16.0 Å². The molecule has 0 aliphatic heterocycles. The molecule has 30 heavy (non-hydrogen) atoms. The first-order valence-corrected chi connectivity index (χ1v) is 11.7. The highest BCUT2D eigenvalue weighted by molar-refractivity contribution is 7.20. The van der Waals surface area contributed by atoms with E-state index in [1.54, 1.807) is 18.3 Å². The Hall–Kier alpha value is -2.88. The fourth-order valence-corrected chi connectivity index (χ4v) is 5.26. The van der Waals surface area contributed by atoms with Crippen LogP contribution in [0.1, 0.15) is 22.3 Å². The second-order valence-corrected chi connectivity index (χ2v) is 8.93. The van der Waals surface area contributed by atoms with E-state index in [1.807, 2.05) is 53.2 Å². The van der Waals surface area contributed by atoms with E-state index in [0.717, 1.165) is 26.8 Å². The van der Waals surface area contributed by atoms with Gasteiger partial charge in [0.05, 0.1) is 29.3 Å². The Kier molecular flexibility index (Phi) is 6.32. The lowest BCUT2D eigenvalue weighted by Crippen LogP contribution is -2.14. The van der Waals surface area contributed by atoms with Gasteiger partial charge < -0.3 is 10.1 Å². The molecule has 152 valence electrons. The highest BCUT2D eigenvalue weighted by atomic mass is 32.1. The van der Waals surface area contributed by atoms with Gasteiger partial charge in [-0.15, -0.1) is 22.7 Å². The fourth-order valence-electron chi connectivity index (χ4n) is 2.73. The van der Waals surface area contributed by atoms with E-state index in [9.17, 15) is 9.59 Å². The first kappa shape index (κ1) is 20.4. The quantitative estimate of drug-likeness (QED) is 0.380. The lowest BCUT2D eigenvalue weighted by Gasteiger charge is -2.01. The van der Waals surface area contributed by atoms with Crippen LogP contribution in [0.3, 0.4) is 0 Å². The molecule has 0 aliphatic carbocycles.